The maximum Gasteiger partial charge on any atom is 0.387 e. The molecule has 0 unspecified atom stereocenters. The first kappa shape index (κ1) is 24.7. The van der Waals surface area contributed by atoms with Crippen molar-refractivity contribution >= 4 is 32.4 Å². The molecule has 0 spiro atoms. The van der Waals surface area contributed by atoms with Gasteiger partial charge in [0.2, 0.25) is 10.0 Å². The molecule has 1 amide bonds. The minimum Gasteiger partial charge on any atom is -0.434 e. The quantitative estimate of drug-likeness (QED) is 0.451. The number of hydrogen-bond donors (Lipinski definition) is 1. The Balaban J connectivity index is 1.86. The molecule has 0 bridgehead atoms. The molecule has 33 heavy (non-hydrogen) atoms. The molecule has 0 fully saturated rings. The second kappa shape index (κ2) is 10.4. The highest BCUT2D eigenvalue weighted by atomic mass is 32.2. The summed E-state index contributed by atoms with van der Waals surface area (Å²) < 4.78 is 56.9. The number of ether oxygens (including phenoxy) is 1. The second-order valence-corrected chi connectivity index (χ2v) is 9.73. The second-order valence-electron chi connectivity index (χ2n) is 6.93. The van der Waals surface area contributed by atoms with E-state index in [4.69, 9.17) is 0 Å². The van der Waals surface area contributed by atoms with Crippen LogP contribution in [0.2, 0.25) is 0 Å². The number of carbonyl (C=O) groups excluding carboxylic acids is 1. The molecule has 0 saturated carbocycles. The Morgan fingerprint density at radius 2 is 1.88 bits per heavy atom. The summed E-state index contributed by atoms with van der Waals surface area (Å²) >= 11 is 1.11. The fourth-order valence-corrected chi connectivity index (χ4v) is 5.41. The van der Waals surface area contributed by atoms with Crippen LogP contribution in [0.25, 0.3) is 11.3 Å². The van der Waals surface area contributed by atoms with Crippen LogP contribution in [-0.4, -0.2) is 43.3 Å². The molecule has 0 aliphatic rings. The number of amides is 1. The number of halogens is 2. The van der Waals surface area contributed by atoms with E-state index in [0.717, 1.165) is 11.3 Å². The number of carbonyl (C=O) groups is 1. The van der Waals surface area contributed by atoms with Crippen LogP contribution in [-0.2, 0) is 10.0 Å². The predicted molar refractivity (Wildman–Crippen MR) is 123 cm³/mol. The molecule has 0 saturated heterocycles. The Morgan fingerprint density at radius 3 is 2.55 bits per heavy atom. The zero-order chi connectivity index (χ0) is 24.2. The van der Waals surface area contributed by atoms with Gasteiger partial charge in [-0.05, 0) is 36.8 Å². The Hall–Kier alpha value is -2.89. The van der Waals surface area contributed by atoms with Crippen molar-refractivity contribution < 1.29 is 26.7 Å². The first-order valence-corrected chi connectivity index (χ1v) is 12.4. The van der Waals surface area contributed by atoms with Crippen molar-refractivity contribution in [2.75, 3.05) is 18.4 Å². The monoisotopic (exact) mass is 495 g/mol. The zero-order valence-electron chi connectivity index (χ0n) is 18.2. The Bertz CT molecular complexity index is 1240. The van der Waals surface area contributed by atoms with Crippen molar-refractivity contribution in [1.82, 2.24) is 9.29 Å². The minimum absolute atomic E-state index is 0.0270. The molecule has 0 radical (unpaired) electrons. The number of sulfonamides is 1. The third kappa shape index (κ3) is 5.55. The summed E-state index contributed by atoms with van der Waals surface area (Å²) in [7, 11) is -3.73. The van der Waals surface area contributed by atoms with Gasteiger partial charge in [0, 0.05) is 29.6 Å². The summed E-state index contributed by atoms with van der Waals surface area (Å²) in [5, 5.41) is 4.50. The molecule has 3 rings (SSSR count). The van der Waals surface area contributed by atoms with E-state index in [0.29, 0.717) is 29.9 Å². The topological polar surface area (TPSA) is 88.6 Å². The normalized spacial score (nSPS) is 11.7. The highest BCUT2D eigenvalue weighted by Crippen LogP contribution is 2.33. The molecule has 176 valence electrons. The molecule has 11 heteroatoms. The lowest BCUT2D eigenvalue weighted by atomic mass is 10.1. The van der Waals surface area contributed by atoms with Gasteiger partial charge in [-0.2, -0.15) is 13.1 Å². The summed E-state index contributed by atoms with van der Waals surface area (Å²) in [5.74, 6) is -0.553. The van der Waals surface area contributed by atoms with Gasteiger partial charge in [-0.15, -0.1) is 11.3 Å². The van der Waals surface area contributed by atoms with E-state index in [1.54, 1.807) is 50.4 Å². The third-order valence-electron chi connectivity index (χ3n) is 4.90. The van der Waals surface area contributed by atoms with E-state index in [1.165, 1.54) is 22.5 Å². The van der Waals surface area contributed by atoms with Crippen LogP contribution in [0.3, 0.4) is 0 Å². The number of nitrogens with zero attached hydrogens (tertiary/aromatic N) is 2. The van der Waals surface area contributed by atoms with Crippen molar-refractivity contribution in [3.63, 3.8) is 0 Å². The Labute approximate surface area is 195 Å². The number of hydrogen-bond acceptors (Lipinski definition) is 6. The van der Waals surface area contributed by atoms with Crippen LogP contribution in [0, 0.1) is 6.92 Å². The number of para-hydroxylation sites is 1. The molecule has 1 N–H and O–H groups in total. The van der Waals surface area contributed by atoms with E-state index >= 15 is 0 Å². The number of alkyl halides is 2. The van der Waals surface area contributed by atoms with Crippen LogP contribution in [0.1, 0.15) is 29.8 Å². The fourth-order valence-electron chi connectivity index (χ4n) is 3.22. The number of benzene rings is 2. The maximum absolute atomic E-state index is 12.9. The van der Waals surface area contributed by atoms with Gasteiger partial charge in [0.05, 0.1) is 10.6 Å². The number of anilines is 1. The molecule has 2 aromatic carbocycles. The highest BCUT2D eigenvalue weighted by molar-refractivity contribution is 7.89. The molecule has 0 aliphatic carbocycles. The smallest absolute Gasteiger partial charge is 0.387 e. The molecular weight excluding hydrogens is 472 g/mol. The Kier molecular flexibility index (Phi) is 7.77. The highest BCUT2D eigenvalue weighted by Gasteiger charge is 2.24. The van der Waals surface area contributed by atoms with Crippen LogP contribution < -0.4 is 10.1 Å². The molecular formula is C22H23F2N3O4S2. The first-order chi connectivity index (χ1) is 15.7. The fraction of sp³-hybridized carbons (Fsp3) is 0.273. The molecule has 0 aliphatic heterocycles. The van der Waals surface area contributed by atoms with E-state index in [1.807, 2.05) is 0 Å². The van der Waals surface area contributed by atoms with Crippen LogP contribution in [0.15, 0.2) is 52.7 Å². The molecule has 0 atom stereocenters. The summed E-state index contributed by atoms with van der Waals surface area (Å²) in [5.41, 5.74) is 1.51. The number of rotatable bonds is 9. The molecule has 7 nitrogen and oxygen atoms in total. The van der Waals surface area contributed by atoms with Gasteiger partial charge < -0.3 is 4.74 Å². The Morgan fingerprint density at radius 1 is 1.18 bits per heavy atom. The van der Waals surface area contributed by atoms with E-state index in [9.17, 15) is 22.0 Å². The van der Waals surface area contributed by atoms with Crippen LogP contribution in [0.5, 0.6) is 5.75 Å². The molecule has 3 aromatic rings. The largest absolute Gasteiger partial charge is 0.434 e. The first-order valence-electron chi connectivity index (χ1n) is 10.1. The van der Waals surface area contributed by atoms with E-state index in [2.05, 4.69) is 15.0 Å². The SMILES string of the molecule is CCN(CC)S(=O)(=O)c1ccc(C)c(C(=O)Nc2nc(-c3ccccc3OC(F)F)cs2)c1. The van der Waals surface area contributed by atoms with Gasteiger partial charge in [0.15, 0.2) is 5.13 Å². The van der Waals surface area contributed by atoms with Gasteiger partial charge in [0.1, 0.15) is 5.75 Å². The van der Waals surface area contributed by atoms with Crippen molar-refractivity contribution in [2.24, 2.45) is 0 Å². The van der Waals surface area contributed by atoms with Gasteiger partial charge in [-0.25, -0.2) is 13.4 Å². The van der Waals surface area contributed by atoms with Gasteiger partial charge in [0.25, 0.3) is 5.91 Å². The predicted octanol–water partition coefficient (Wildman–Crippen LogP) is 5.00. The summed E-state index contributed by atoms with van der Waals surface area (Å²) in [6, 6.07) is 10.6. The number of thiazole rings is 1. The third-order valence-corrected chi connectivity index (χ3v) is 7.70. The van der Waals surface area contributed by atoms with E-state index in [-0.39, 0.29) is 21.3 Å². The van der Waals surface area contributed by atoms with Gasteiger partial charge in [-0.1, -0.05) is 32.0 Å². The average molecular weight is 496 g/mol. The standard InChI is InChI=1S/C22H23F2N3O4S2/c1-4-27(5-2)33(29,30)15-11-10-14(3)17(12-15)20(28)26-22-25-18(13-32-22)16-8-6-7-9-19(16)31-21(23)24/h6-13,21H,4-5H2,1-3H3,(H,25,26,28). The van der Waals surface area contributed by atoms with Crippen molar-refractivity contribution in [3.05, 3.63) is 59.0 Å². The summed E-state index contributed by atoms with van der Waals surface area (Å²) in [6.45, 7) is 2.83. The summed E-state index contributed by atoms with van der Waals surface area (Å²) in [6.07, 6.45) is 0. The van der Waals surface area contributed by atoms with Crippen LogP contribution >= 0.6 is 11.3 Å². The van der Waals surface area contributed by atoms with Gasteiger partial charge >= 0.3 is 6.61 Å². The van der Waals surface area contributed by atoms with Crippen molar-refractivity contribution in [3.8, 4) is 17.0 Å². The van der Waals surface area contributed by atoms with Gasteiger partial charge in [-0.3, -0.25) is 10.1 Å². The minimum atomic E-state index is -3.73. The van der Waals surface area contributed by atoms with Crippen molar-refractivity contribution in [1.29, 1.82) is 0 Å². The lowest BCUT2D eigenvalue weighted by Gasteiger charge is -2.19. The van der Waals surface area contributed by atoms with Crippen molar-refractivity contribution in [2.45, 2.75) is 32.3 Å². The average Bonchev–Trinajstić information content (AvgIpc) is 3.22. The number of nitrogens with one attached hydrogen (secondary N) is 1. The number of aromatic nitrogens is 1. The van der Waals surface area contributed by atoms with Crippen LogP contribution in [0.4, 0.5) is 13.9 Å². The zero-order valence-corrected chi connectivity index (χ0v) is 19.8. The molecule has 1 aromatic heterocycles. The lowest BCUT2D eigenvalue weighted by Crippen LogP contribution is -2.30. The van der Waals surface area contributed by atoms with E-state index < -0.39 is 22.5 Å². The molecule has 1 heterocycles. The maximum atomic E-state index is 12.9. The number of aryl methyl sites for hydroxylation is 1. The lowest BCUT2D eigenvalue weighted by molar-refractivity contribution is -0.0494. The summed E-state index contributed by atoms with van der Waals surface area (Å²) in [4.78, 5) is 17.2.